The number of hydrogen-bond donors (Lipinski definition) is 1. The second kappa shape index (κ2) is 10.6. The third kappa shape index (κ3) is 6.77. The fourth-order valence-corrected chi connectivity index (χ4v) is 5.85. The molecule has 31 heavy (non-hydrogen) atoms. The highest BCUT2D eigenvalue weighted by molar-refractivity contribution is 9.10. The Hall–Kier alpha value is -1.93. The average molecular weight is 547 g/mol. The molecule has 2 aromatic heterocycles. The Morgan fingerprint density at radius 1 is 1.32 bits per heavy atom. The SMILES string of the molecule is CCOCCn1c(=NC(=O)CS(=O)(=O)CC(=O)Nc2nccs2)sc2cc(Br)ccc21. The number of sulfone groups is 1. The van der Waals surface area contributed by atoms with Crippen LogP contribution in [0.4, 0.5) is 5.13 Å². The number of nitrogens with zero attached hydrogens (tertiary/aromatic N) is 3. The first kappa shape index (κ1) is 23.7. The second-order valence-corrected chi connectivity index (χ2v) is 11.2. The molecule has 3 rings (SSSR count). The molecule has 2 heterocycles. The van der Waals surface area contributed by atoms with Crippen LogP contribution in [0.15, 0.2) is 39.2 Å². The van der Waals surface area contributed by atoms with Gasteiger partial charge in [0.1, 0.15) is 11.5 Å². The number of anilines is 1. The van der Waals surface area contributed by atoms with E-state index >= 15 is 0 Å². The lowest BCUT2D eigenvalue weighted by molar-refractivity contribution is -0.115. The van der Waals surface area contributed by atoms with Gasteiger partial charge in [0.2, 0.25) is 5.91 Å². The summed E-state index contributed by atoms with van der Waals surface area (Å²) in [6, 6.07) is 5.68. The van der Waals surface area contributed by atoms with Crippen LogP contribution in [0.3, 0.4) is 0 Å². The summed E-state index contributed by atoms with van der Waals surface area (Å²) in [7, 11) is -3.99. The predicted octanol–water partition coefficient (Wildman–Crippen LogP) is 2.44. The number of rotatable bonds is 9. The number of amides is 2. The van der Waals surface area contributed by atoms with Crippen LogP contribution in [-0.4, -0.2) is 54.5 Å². The number of carbonyl (C=O) groups is 2. The highest BCUT2D eigenvalue weighted by Gasteiger charge is 2.21. The van der Waals surface area contributed by atoms with Crippen molar-refractivity contribution in [3.05, 3.63) is 39.1 Å². The predicted molar refractivity (Wildman–Crippen MR) is 124 cm³/mol. The van der Waals surface area contributed by atoms with E-state index in [1.165, 1.54) is 28.9 Å². The molecule has 0 aliphatic heterocycles. The molecule has 0 bridgehead atoms. The zero-order valence-corrected chi connectivity index (χ0v) is 20.4. The van der Waals surface area contributed by atoms with Crippen molar-refractivity contribution in [3.8, 4) is 0 Å². The number of thiazole rings is 2. The number of ether oxygens (including phenoxy) is 1. The lowest BCUT2D eigenvalue weighted by Crippen LogP contribution is -2.28. The van der Waals surface area contributed by atoms with E-state index in [0.717, 1.165) is 14.7 Å². The van der Waals surface area contributed by atoms with Crippen molar-refractivity contribution >= 4 is 75.6 Å². The number of carbonyl (C=O) groups excluding carboxylic acids is 2. The molecular formula is C18H19BrN4O5S3. The van der Waals surface area contributed by atoms with Crippen molar-refractivity contribution in [2.75, 3.05) is 30.0 Å². The Labute approximate surface area is 194 Å². The fourth-order valence-electron chi connectivity index (χ4n) is 2.67. The van der Waals surface area contributed by atoms with Gasteiger partial charge in [-0.25, -0.2) is 13.4 Å². The topological polar surface area (TPSA) is 120 Å². The van der Waals surface area contributed by atoms with Crippen LogP contribution in [0.2, 0.25) is 0 Å². The molecule has 9 nitrogen and oxygen atoms in total. The van der Waals surface area contributed by atoms with Gasteiger partial charge >= 0.3 is 0 Å². The van der Waals surface area contributed by atoms with Crippen molar-refractivity contribution in [2.24, 2.45) is 4.99 Å². The number of nitrogens with one attached hydrogen (secondary N) is 1. The maximum atomic E-state index is 12.4. The zero-order valence-electron chi connectivity index (χ0n) is 16.4. The van der Waals surface area contributed by atoms with Gasteiger partial charge in [-0.15, -0.1) is 11.3 Å². The highest BCUT2D eigenvalue weighted by Crippen LogP contribution is 2.22. The van der Waals surface area contributed by atoms with Gasteiger partial charge in [0, 0.05) is 29.2 Å². The van der Waals surface area contributed by atoms with Crippen LogP contribution in [-0.2, 0) is 30.7 Å². The molecule has 0 aliphatic rings. The van der Waals surface area contributed by atoms with Gasteiger partial charge in [-0.1, -0.05) is 27.3 Å². The van der Waals surface area contributed by atoms with Crippen LogP contribution >= 0.6 is 38.6 Å². The van der Waals surface area contributed by atoms with Crippen LogP contribution in [0.5, 0.6) is 0 Å². The molecule has 1 aromatic carbocycles. The van der Waals surface area contributed by atoms with E-state index < -0.39 is 33.2 Å². The molecule has 1 N–H and O–H groups in total. The molecule has 0 atom stereocenters. The monoisotopic (exact) mass is 546 g/mol. The van der Waals surface area contributed by atoms with Gasteiger partial charge in [0.25, 0.3) is 5.91 Å². The number of halogens is 1. The fraction of sp³-hybridized carbons (Fsp3) is 0.333. The quantitative estimate of drug-likeness (QED) is 0.411. The van der Waals surface area contributed by atoms with E-state index in [2.05, 4.69) is 31.2 Å². The van der Waals surface area contributed by atoms with Gasteiger partial charge in [-0.3, -0.25) is 9.59 Å². The number of benzene rings is 1. The Bertz CT molecular complexity index is 1250. The molecule has 0 unspecified atom stereocenters. The summed E-state index contributed by atoms with van der Waals surface area (Å²) in [6.07, 6.45) is 1.49. The Morgan fingerprint density at radius 2 is 2.13 bits per heavy atom. The standard InChI is InChI=1S/C18H19BrN4O5S3/c1-2-28-7-6-23-13-4-3-12(19)9-14(13)30-18(23)22-16(25)11-31(26,27)10-15(24)21-17-20-5-8-29-17/h3-5,8-9H,2,6-7,10-11H2,1H3,(H,20,21,24). The van der Waals surface area contributed by atoms with E-state index in [0.29, 0.717) is 29.7 Å². The first-order chi connectivity index (χ1) is 14.8. The van der Waals surface area contributed by atoms with Crippen molar-refractivity contribution in [1.82, 2.24) is 9.55 Å². The lowest BCUT2D eigenvalue weighted by atomic mass is 10.3. The maximum absolute atomic E-state index is 12.4. The molecule has 0 radical (unpaired) electrons. The summed E-state index contributed by atoms with van der Waals surface area (Å²) in [5.41, 5.74) is 0.866. The number of hydrogen-bond acceptors (Lipinski definition) is 8. The Kier molecular flexibility index (Phi) is 8.11. The Balaban J connectivity index is 1.78. The first-order valence-corrected chi connectivity index (χ1v) is 13.4. The molecule has 0 aliphatic carbocycles. The smallest absolute Gasteiger partial charge is 0.263 e. The molecule has 0 saturated heterocycles. The van der Waals surface area contributed by atoms with Gasteiger partial charge in [-0.05, 0) is 25.1 Å². The third-order valence-electron chi connectivity index (χ3n) is 3.90. The summed E-state index contributed by atoms with van der Waals surface area (Å²) in [6.45, 7) is 3.33. The summed E-state index contributed by atoms with van der Waals surface area (Å²) in [5.74, 6) is -3.27. The normalized spacial score (nSPS) is 12.4. The van der Waals surface area contributed by atoms with Crippen LogP contribution < -0.4 is 10.1 Å². The summed E-state index contributed by atoms with van der Waals surface area (Å²) in [4.78, 5) is 32.6. The van der Waals surface area contributed by atoms with Gasteiger partial charge in [0.05, 0.1) is 16.8 Å². The zero-order chi connectivity index (χ0) is 22.4. The molecule has 0 fully saturated rings. The van der Waals surface area contributed by atoms with E-state index in [1.807, 2.05) is 29.7 Å². The number of aromatic nitrogens is 2. The van der Waals surface area contributed by atoms with Crippen LogP contribution in [0.1, 0.15) is 6.92 Å². The summed E-state index contributed by atoms with van der Waals surface area (Å²) in [5, 5.41) is 4.33. The molecule has 0 saturated carbocycles. The average Bonchev–Trinajstić information content (AvgIpc) is 3.28. The minimum Gasteiger partial charge on any atom is -0.380 e. The van der Waals surface area contributed by atoms with Crippen LogP contribution in [0, 0.1) is 0 Å². The largest absolute Gasteiger partial charge is 0.380 e. The van der Waals surface area contributed by atoms with Gasteiger partial charge in [0.15, 0.2) is 19.8 Å². The molecule has 2 amide bonds. The molecule has 0 spiro atoms. The third-order valence-corrected chi connectivity index (χ3v) is 7.51. The van der Waals surface area contributed by atoms with Gasteiger partial charge in [-0.2, -0.15) is 4.99 Å². The second-order valence-electron chi connectivity index (χ2n) is 6.27. The van der Waals surface area contributed by atoms with Crippen molar-refractivity contribution in [1.29, 1.82) is 0 Å². The Morgan fingerprint density at radius 3 is 2.84 bits per heavy atom. The molecule has 166 valence electrons. The molecule has 3 aromatic rings. The van der Waals surface area contributed by atoms with Crippen molar-refractivity contribution < 1.29 is 22.7 Å². The van der Waals surface area contributed by atoms with E-state index in [-0.39, 0.29) is 0 Å². The minimum atomic E-state index is -3.99. The van der Waals surface area contributed by atoms with E-state index in [1.54, 1.807) is 5.38 Å². The highest BCUT2D eigenvalue weighted by atomic mass is 79.9. The summed E-state index contributed by atoms with van der Waals surface area (Å²) < 4.78 is 33.6. The maximum Gasteiger partial charge on any atom is 0.263 e. The first-order valence-electron chi connectivity index (χ1n) is 9.11. The van der Waals surface area contributed by atoms with E-state index in [9.17, 15) is 18.0 Å². The minimum absolute atomic E-state index is 0.294. The lowest BCUT2D eigenvalue weighted by Gasteiger charge is -2.05. The van der Waals surface area contributed by atoms with Crippen molar-refractivity contribution in [3.63, 3.8) is 0 Å². The van der Waals surface area contributed by atoms with E-state index in [4.69, 9.17) is 4.74 Å². The summed E-state index contributed by atoms with van der Waals surface area (Å²) >= 11 is 5.86. The molecular weight excluding hydrogens is 528 g/mol. The van der Waals surface area contributed by atoms with Gasteiger partial charge < -0.3 is 14.6 Å². The van der Waals surface area contributed by atoms with Crippen molar-refractivity contribution in [2.45, 2.75) is 13.5 Å². The number of fused-ring (bicyclic) bond motifs is 1. The van der Waals surface area contributed by atoms with Crippen LogP contribution in [0.25, 0.3) is 10.2 Å². The molecule has 13 heteroatoms.